The lowest BCUT2D eigenvalue weighted by Gasteiger charge is -2.14. The predicted octanol–water partition coefficient (Wildman–Crippen LogP) is 2.84. The first-order valence-corrected chi connectivity index (χ1v) is 10.2. The smallest absolute Gasteiger partial charge is 0.421 e. The zero-order chi connectivity index (χ0) is 26.0. The number of aliphatic hydroxyl groups excluding tert-OH is 1. The van der Waals surface area contributed by atoms with Crippen molar-refractivity contribution in [2.24, 2.45) is 7.05 Å². The number of nitrogens with zero attached hydrogens (tertiary/aromatic N) is 4. The van der Waals surface area contributed by atoms with Crippen molar-refractivity contribution in [3.63, 3.8) is 0 Å². The summed E-state index contributed by atoms with van der Waals surface area (Å²) in [5.74, 6) is -1.71. The van der Waals surface area contributed by atoms with Crippen molar-refractivity contribution in [2.45, 2.75) is 12.9 Å². The Kier molecular flexibility index (Phi) is 6.54. The minimum atomic E-state index is -5.00. The summed E-state index contributed by atoms with van der Waals surface area (Å²) in [7, 11) is 1.33. The molecule has 36 heavy (non-hydrogen) atoms. The largest absolute Gasteiger partial charge is 0.573 e. The molecule has 0 atom stereocenters. The lowest BCUT2D eigenvalue weighted by molar-refractivity contribution is -0.275. The lowest BCUT2D eigenvalue weighted by Crippen LogP contribution is -2.37. The van der Waals surface area contributed by atoms with E-state index in [1.165, 1.54) is 42.0 Å². The van der Waals surface area contributed by atoms with E-state index >= 15 is 0 Å². The van der Waals surface area contributed by atoms with E-state index in [9.17, 15) is 27.2 Å². The monoisotopic (exact) mass is 504 g/mol. The van der Waals surface area contributed by atoms with Crippen molar-refractivity contribution in [3.05, 3.63) is 86.8 Å². The number of aromatic nitrogens is 4. The first-order chi connectivity index (χ1) is 17.1. The highest BCUT2D eigenvalue weighted by atomic mass is 19.4. The molecular formula is C23H16F4N4O5. The van der Waals surface area contributed by atoms with Crippen LogP contribution in [-0.4, -0.2) is 36.8 Å². The van der Waals surface area contributed by atoms with E-state index in [1.807, 2.05) is 0 Å². The molecule has 0 fully saturated rings. The third-order valence-corrected chi connectivity index (χ3v) is 4.88. The summed E-state index contributed by atoms with van der Waals surface area (Å²) in [5.41, 5.74) is -1.59. The van der Waals surface area contributed by atoms with Gasteiger partial charge in [0.05, 0.1) is 13.2 Å². The third-order valence-electron chi connectivity index (χ3n) is 4.88. The standard InChI is InChI=1S/C23H16F4N4O5/c1-29-19-18(20(33)30(22(29)34)11-4-12-32)31(13-14-7-9-15(24)10-8-14)21(28-19)35-16-5-2-3-6-17(16)36-23(25,26)27/h2-7,9,11,32H,12-13H2,1H3/b11-4+. The summed E-state index contributed by atoms with van der Waals surface area (Å²) in [6.45, 7) is -0.639. The Morgan fingerprint density at radius 2 is 1.83 bits per heavy atom. The van der Waals surface area contributed by atoms with Crippen LogP contribution >= 0.6 is 0 Å². The number of halogens is 4. The van der Waals surface area contributed by atoms with Gasteiger partial charge in [0.1, 0.15) is 0 Å². The zero-order valence-corrected chi connectivity index (χ0v) is 18.4. The third kappa shape index (κ3) is 4.93. The number of hydrogen-bond acceptors (Lipinski definition) is 6. The maximum atomic E-state index is 13.3. The predicted molar refractivity (Wildman–Crippen MR) is 118 cm³/mol. The van der Waals surface area contributed by atoms with Gasteiger partial charge in [-0.05, 0) is 36.4 Å². The Balaban J connectivity index is 1.94. The Labute approximate surface area is 199 Å². The van der Waals surface area contributed by atoms with Crippen LogP contribution in [0.1, 0.15) is 5.56 Å². The summed E-state index contributed by atoms with van der Waals surface area (Å²) in [6.07, 6.45) is -2.76. The van der Waals surface area contributed by atoms with E-state index in [2.05, 4.69) is 21.9 Å². The van der Waals surface area contributed by atoms with Gasteiger partial charge < -0.3 is 14.6 Å². The van der Waals surface area contributed by atoms with E-state index in [4.69, 9.17) is 9.84 Å². The van der Waals surface area contributed by atoms with Crippen molar-refractivity contribution >= 4 is 17.4 Å². The molecule has 4 rings (SSSR count). The minimum absolute atomic E-state index is 0.131. The number of hydrogen-bond donors (Lipinski definition) is 1. The summed E-state index contributed by atoms with van der Waals surface area (Å²) in [4.78, 5) is 30.1. The highest BCUT2D eigenvalue weighted by Crippen LogP contribution is 2.35. The number of fused-ring (bicyclic) bond motifs is 1. The van der Waals surface area contributed by atoms with Crippen LogP contribution in [0.15, 0.2) is 52.1 Å². The molecule has 13 heteroatoms. The van der Waals surface area contributed by atoms with Crippen LogP contribution in [0.5, 0.6) is 17.5 Å². The molecule has 0 saturated carbocycles. The number of imidazole rings is 1. The van der Waals surface area contributed by atoms with E-state index in [0.717, 1.165) is 27.5 Å². The first-order valence-electron chi connectivity index (χ1n) is 10.2. The summed E-state index contributed by atoms with van der Waals surface area (Å²) in [6, 6.07) is 11.9. The van der Waals surface area contributed by atoms with Crippen molar-refractivity contribution < 1.29 is 32.1 Å². The molecule has 0 aliphatic heterocycles. The molecule has 0 bridgehead atoms. The van der Waals surface area contributed by atoms with Crippen molar-refractivity contribution in [2.75, 3.05) is 6.61 Å². The molecule has 0 saturated heterocycles. The highest BCUT2D eigenvalue weighted by Gasteiger charge is 2.33. The van der Waals surface area contributed by atoms with Crippen LogP contribution in [-0.2, 0) is 13.6 Å². The minimum Gasteiger partial charge on any atom is -0.421 e. The average Bonchev–Trinajstić information content (AvgIpc) is 3.17. The molecule has 0 spiro atoms. The van der Waals surface area contributed by atoms with Gasteiger partial charge in [-0.25, -0.2) is 9.36 Å². The van der Waals surface area contributed by atoms with Gasteiger partial charge in [0.15, 0.2) is 28.5 Å². The maximum absolute atomic E-state index is 13.3. The second-order valence-corrected chi connectivity index (χ2v) is 7.29. The fourth-order valence-electron chi connectivity index (χ4n) is 3.33. The number of alkyl halides is 3. The van der Waals surface area contributed by atoms with Gasteiger partial charge in [-0.2, -0.15) is 9.37 Å². The molecular weight excluding hydrogens is 488 g/mol. The van der Waals surface area contributed by atoms with Gasteiger partial charge in [0, 0.05) is 18.8 Å². The van der Waals surface area contributed by atoms with E-state index < -0.39 is 35.8 Å². The Morgan fingerprint density at radius 1 is 1.11 bits per heavy atom. The zero-order valence-electron chi connectivity index (χ0n) is 18.4. The van der Waals surface area contributed by atoms with Gasteiger partial charge in [0.25, 0.3) is 5.56 Å². The van der Waals surface area contributed by atoms with Crippen molar-refractivity contribution in [1.29, 1.82) is 0 Å². The van der Waals surface area contributed by atoms with Crippen LogP contribution in [0.3, 0.4) is 0 Å². The normalized spacial score (nSPS) is 11.7. The molecule has 0 aliphatic rings. The maximum Gasteiger partial charge on any atom is 0.573 e. The lowest BCUT2D eigenvalue weighted by atomic mass is 10.2. The van der Waals surface area contributed by atoms with Crippen molar-refractivity contribution in [3.8, 4) is 17.5 Å². The van der Waals surface area contributed by atoms with Gasteiger partial charge in [0.2, 0.25) is 0 Å². The van der Waals surface area contributed by atoms with Crippen LogP contribution in [0, 0.1) is 17.9 Å². The number of para-hydroxylation sites is 2. The molecule has 0 radical (unpaired) electrons. The average molecular weight is 504 g/mol. The SMILES string of the molecule is Cn1c(=O)n(/C=C/CO)c(=O)c2c1nc(Oc1ccccc1OC(F)(F)F)n2Cc1c#cc(F)cc1. The topological polar surface area (TPSA) is 101 Å². The van der Waals surface area contributed by atoms with E-state index in [1.54, 1.807) is 0 Å². The van der Waals surface area contributed by atoms with Crippen LogP contribution in [0.25, 0.3) is 17.4 Å². The molecule has 4 aromatic rings. The molecule has 0 aliphatic carbocycles. The van der Waals surface area contributed by atoms with E-state index in [0.29, 0.717) is 5.56 Å². The fraction of sp³-hybridized carbons (Fsp3) is 0.174. The Hall–Kier alpha value is -4.57. The molecule has 1 N–H and O–H groups in total. The van der Waals surface area contributed by atoms with Crippen LogP contribution in [0.2, 0.25) is 0 Å². The van der Waals surface area contributed by atoms with Crippen molar-refractivity contribution in [1.82, 2.24) is 18.7 Å². The summed E-state index contributed by atoms with van der Waals surface area (Å²) < 4.78 is 64.6. The van der Waals surface area contributed by atoms with E-state index in [-0.39, 0.29) is 29.5 Å². The van der Waals surface area contributed by atoms with Crippen LogP contribution < -0.4 is 20.7 Å². The van der Waals surface area contributed by atoms with Gasteiger partial charge in [-0.3, -0.25) is 13.9 Å². The fourth-order valence-corrected chi connectivity index (χ4v) is 3.33. The molecule has 2 aromatic heterocycles. The summed E-state index contributed by atoms with van der Waals surface area (Å²) in [5, 5.41) is 9.06. The van der Waals surface area contributed by atoms with Gasteiger partial charge in [-0.15, -0.1) is 13.2 Å². The quantitative estimate of drug-likeness (QED) is 0.389. The Bertz CT molecular complexity index is 1550. The molecule has 0 amide bonds. The van der Waals surface area contributed by atoms with Gasteiger partial charge in [-0.1, -0.05) is 18.2 Å². The molecule has 2 heterocycles. The van der Waals surface area contributed by atoms with Crippen LogP contribution in [0.4, 0.5) is 17.6 Å². The molecule has 0 unspecified atom stereocenters. The van der Waals surface area contributed by atoms with Gasteiger partial charge >= 0.3 is 18.1 Å². The number of rotatable bonds is 7. The highest BCUT2D eigenvalue weighted by molar-refractivity contribution is 5.73. The number of ether oxygens (including phenoxy) is 2. The summed E-state index contributed by atoms with van der Waals surface area (Å²) >= 11 is 0. The molecule has 9 nitrogen and oxygen atoms in total. The second-order valence-electron chi connectivity index (χ2n) is 7.29. The molecule has 2 aromatic carbocycles. The molecule has 186 valence electrons. The number of aliphatic hydroxyl groups is 1. The second kappa shape index (κ2) is 9.59. The Morgan fingerprint density at radius 3 is 2.47 bits per heavy atom. The number of aryl methyl sites for hydroxylation is 1. The number of benzene rings is 1. The first kappa shape index (κ1) is 24.6.